The molecule has 0 radical (unpaired) electrons. The second-order valence-corrected chi connectivity index (χ2v) is 6.52. The van der Waals surface area contributed by atoms with Crippen LogP contribution in [-0.4, -0.2) is 33.8 Å². The van der Waals surface area contributed by atoms with Crippen molar-refractivity contribution in [1.29, 1.82) is 0 Å². The topological polar surface area (TPSA) is 21.1 Å². The Kier molecular flexibility index (Phi) is 4.41. The summed E-state index contributed by atoms with van der Waals surface area (Å²) in [6.07, 6.45) is 5.29. The zero-order valence-electron chi connectivity index (χ0n) is 12.1. The molecule has 1 unspecified atom stereocenters. The minimum absolute atomic E-state index is 0.650. The molecule has 2 aromatic rings. The van der Waals surface area contributed by atoms with Crippen molar-refractivity contribution in [1.82, 2.24) is 14.7 Å². The van der Waals surface area contributed by atoms with Gasteiger partial charge >= 0.3 is 0 Å². The Morgan fingerprint density at radius 2 is 1.95 bits per heavy atom. The number of nitrogens with zero attached hydrogens (tertiary/aromatic N) is 3. The molecular weight excluding hydrogens is 314 g/mol. The number of aromatic nitrogens is 2. The van der Waals surface area contributed by atoms with Crippen molar-refractivity contribution >= 4 is 26.8 Å². The molecule has 3 nitrogen and oxygen atoms in total. The number of rotatable bonds is 4. The van der Waals surface area contributed by atoms with Crippen LogP contribution in [0.5, 0.6) is 0 Å². The van der Waals surface area contributed by atoms with Crippen LogP contribution in [-0.2, 0) is 6.54 Å². The molecule has 0 bridgehead atoms. The smallest absolute Gasteiger partial charge is 0.135 e. The second kappa shape index (κ2) is 6.27. The van der Waals surface area contributed by atoms with Crippen LogP contribution >= 0.6 is 15.9 Å². The van der Waals surface area contributed by atoms with Crippen molar-refractivity contribution in [2.24, 2.45) is 0 Å². The van der Waals surface area contributed by atoms with E-state index in [2.05, 4.69) is 61.8 Å². The Labute approximate surface area is 129 Å². The molecule has 0 N–H and O–H groups in total. The van der Waals surface area contributed by atoms with Gasteiger partial charge < -0.3 is 4.90 Å². The molecule has 1 atom stereocenters. The molecule has 1 aromatic heterocycles. The van der Waals surface area contributed by atoms with Gasteiger partial charge in [0, 0.05) is 18.0 Å². The van der Waals surface area contributed by atoms with E-state index < -0.39 is 0 Å². The molecule has 1 aromatic carbocycles. The van der Waals surface area contributed by atoms with E-state index in [0.717, 1.165) is 17.6 Å². The molecule has 0 aliphatic carbocycles. The van der Waals surface area contributed by atoms with Gasteiger partial charge in [0.2, 0.25) is 0 Å². The summed E-state index contributed by atoms with van der Waals surface area (Å²) in [6, 6.07) is 9.07. The Bertz CT molecular complexity index is 572. The number of hydrogen-bond donors (Lipinski definition) is 0. The van der Waals surface area contributed by atoms with E-state index in [-0.39, 0.29) is 0 Å². The molecule has 2 heterocycles. The van der Waals surface area contributed by atoms with Gasteiger partial charge in [0.25, 0.3) is 0 Å². The van der Waals surface area contributed by atoms with Crippen molar-refractivity contribution in [2.75, 3.05) is 13.1 Å². The summed E-state index contributed by atoms with van der Waals surface area (Å²) in [5.41, 5.74) is 1.23. The van der Waals surface area contributed by atoms with E-state index in [1.54, 1.807) is 0 Å². The van der Waals surface area contributed by atoms with Crippen molar-refractivity contribution in [3.05, 3.63) is 28.9 Å². The van der Waals surface area contributed by atoms with Gasteiger partial charge in [-0.15, -0.1) is 0 Å². The maximum absolute atomic E-state index is 4.62. The summed E-state index contributed by atoms with van der Waals surface area (Å²) in [5, 5.41) is 5.83. The quantitative estimate of drug-likeness (QED) is 0.839. The molecular formula is C16H22BrN3. The summed E-state index contributed by atoms with van der Waals surface area (Å²) < 4.78 is 3.10. The molecule has 0 saturated carbocycles. The Morgan fingerprint density at radius 3 is 2.75 bits per heavy atom. The molecule has 1 saturated heterocycles. The number of aryl methyl sites for hydroxylation is 1. The van der Waals surface area contributed by atoms with Crippen LogP contribution in [0.1, 0.15) is 32.6 Å². The molecule has 1 aliphatic heterocycles. The molecule has 20 heavy (non-hydrogen) atoms. The third kappa shape index (κ3) is 2.91. The van der Waals surface area contributed by atoms with Gasteiger partial charge in [-0.3, -0.25) is 4.68 Å². The molecule has 1 fully saturated rings. The largest absolute Gasteiger partial charge is 0.301 e. The maximum atomic E-state index is 4.62. The second-order valence-electron chi connectivity index (χ2n) is 5.77. The standard InChI is InChI=1S/C16H22BrN3/c1-13(19-10-5-2-6-11-19)9-12-20-15-8-4-3-7-14(15)16(17)18-20/h3-4,7-8,13H,2,5-6,9-12H2,1H3. The van der Waals surface area contributed by atoms with Gasteiger partial charge in [-0.2, -0.15) is 5.10 Å². The van der Waals surface area contributed by atoms with E-state index in [4.69, 9.17) is 0 Å². The monoisotopic (exact) mass is 335 g/mol. The first-order valence-corrected chi connectivity index (χ1v) is 8.40. The molecule has 3 rings (SSSR count). The fourth-order valence-corrected chi connectivity index (χ4v) is 3.63. The fraction of sp³-hybridized carbons (Fsp3) is 0.562. The average molecular weight is 336 g/mol. The number of likely N-dealkylation sites (tertiary alicyclic amines) is 1. The van der Waals surface area contributed by atoms with Gasteiger partial charge in [0.05, 0.1) is 5.52 Å². The van der Waals surface area contributed by atoms with Crippen molar-refractivity contribution < 1.29 is 0 Å². The molecule has 1 aliphatic rings. The highest BCUT2D eigenvalue weighted by Crippen LogP contribution is 2.23. The van der Waals surface area contributed by atoms with Crippen LogP contribution in [0.15, 0.2) is 28.9 Å². The van der Waals surface area contributed by atoms with Crippen LogP contribution in [0.3, 0.4) is 0 Å². The highest BCUT2D eigenvalue weighted by atomic mass is 79.9. The van der Waals surface area contributed by atoms with Gasteiger partial charge in [-0.05, 0) is 61.3 Å². The number of fused-ring (bicyclic) bond motifs is 1. The van der Waals surface area contributed by atoms with Crippen LogP contribution in [0, 0.1) is 0 Å². The number of para-hydroxylation sites is 1. The summed E-state index contributed by atoms with van der Waals surface area (Å²) >= 11 is 3.56. The average Bonchev–Trinajstić information content (AvgIpc) is 2.83. The fourth-order valence-electron chi connectivity index (χ4n) is 3.11. The molecule has 108 valence electrons. The van der Waals surface area contributed by atoms with Crippen molar-refractivity contribution in [3.63, 3.8) is 0 Å². The van der Waals surface area contributed by atoms with E-state index in [1.807, 2.05) is 0 Å². The molecule has 0 spiro atoms. The van der Waals surface area contributed by atoms with Crippen LogP contribution in [0.2, 0.25) is 0 Å². The number of halogens is 1. The van der Waals surface area contributed by atoms with Crippen LogP contribution < -0.4 is 0 Å². The third-order valence-corrected chi connectivity index (χ3v) is 4.97. The number of piperidine rings is 1. The highest BCUT2D eigenvalue weighted by molar-refractivity contribution is 9.10. The number of benzene rings is 1. The lowest BCUT2D eigenvalue weighted by molar-refractivity contribution is 0.162. The predicted octanol–water partition coefficient (Wildman–Crippen LogP) is 4.06. The van der Waals surface area contributed by atoms with E-state index in [1.165, 1.54) is 43.3 Å². The summed E-state index contributed by atoms with van der Waals surface area (Å²) in [4.78, 5) is 2.63. The summed E-state index contributed by atoms with van der Waals surface area (Å²) in [5.74, 6) is 0. The predicted molar refractivity (Wildman–Crippen MR) is 86.9 cm³/mol. The van der Waals surface area contributed by atoms with Crippen LogP contribution in [0.4, 0.5) is 0 Å². The zero-order chi connectivity index (χ0) is 13.9. The normalized spacial score (nSPS) is 18.5. The van der Waals surface area contributed by atoms with Crippen LogP contribution in [0.25, 0.3) is 10.9 Å². The lowest BCUT2D eigenvalue weighted by Crippen LogP contribution is -2.37. The Hall–Kier alpha value is -0.870. The first-order chi connectivity index (χ1) is 9.75. The first-order valence-electron chi connectivity index (χ1n) is 7.61. The Balaban J connectivity index is 1.67. The zero-order valence-corrected chi connectivity index (χ0v) is 13.6. The highest BCUT2D eigenvalue weighted by Gasteiger charge is 2.17. The first kappa shape index (κ1) is 14.1. The van der Waals surface area contributed by atoms with Crippen molar-refractivity contribution in [2.45, 2.75) is 45.2 Å². The third-order valence-electron chi connectivity index (χ3n) is 4.39. The molecule has 4 heteroatoms. The minimum Gasteiger partial charge on any atom is -0.301 e. The SMILES string of the molecule is CC(CCn1nc(Br)c2ccccc21)N1CCCCC1. The Morgan fingerprint density at radius 1 is 1.20 bits per heavy atom. The lowest BCUT2D eigenvalue weighted by atomic mass is 10.1. The summed E-state index contributed by atoms with van der Waals surface area (Å²) in [7, 11) is 0. The van der Waals surface area contributed by atoms with E-state index >= 15 is 0 Å². The van der Waals surface area contributed by atoms with Gasteiger partial charge in [-0.1, -0.05) is 24.6 Å². The lowest BCUT2D eigenvalue weighted by Gasteiger charge is -2.32. The summed E-state index contributed by atoms with van der Waals surface area (Å²) in [6.45, 7) is 5.88. The van der Waals surface area contributed by atoms with Crippen molar-refractivity contribution in [3.8, 4) is 0 Å². The van der Waals surface area contributed by atoms with Gasteiger partial charge in [0.1, 0.15) is 4.60 Å². The van der Waals surface area contributed by atoms with E-state index in [9.17, 15) is 0 Å². The van der Waals surface area contributed by atoms with E-state index in [0.29, 0.717) is 6.04 Å². The number of hydrogen-bond acceptors (Lipinski definition) is 2. The van der Waals surface area contributed by atoms with Gasteiger partial charge in [-0.25, -0.2) is 0 Å². The van der Waals surface area contributed by atoms with Gasteiger partial charge in [0.15, 0.2) is 0 Å². The molecule has 0 amide bonds. The maximum Gasteiger partial charge on any atom is 0.135 e. The minimum atomic E-state index is 0.650.